The number of carbonyl (C=O) groups excluding carboxylic acids is 1. The zero-order valence-electron chi connectivity index (χ0n) is 14.9. The Morgan fingerprint density at radius 1 is 1.18 bits per heavy atom. The quantitative estimate of drug-likeness (QED) is 0.610. The van der Waals surface area contributed by atoms with Crippen molar-refractivity contribution in [1.82, 2.24) is 5.32 Å². The number of fused-ring (bicyclic) bond motifs is 1. The Morgan fingerprint density at radius 3 is 2.50 bits per heavy atom. The summed E-state index contributed by atoms with van der Waals surface area (Å²) in [5.41, 5.74) is -1.94. The topological polar surface area (TPSA) is 67.8 Å². The average Bonchev–Trinajstić information content (AvgIpc) is 2.57. The van der Waals surface area contributed by atoms with Gasteiger partial charge in [-0.05, 0) is 38.1 Å². The number of carbonyl (C=O) groups is 1. The highest BCUT2D eigenvalue weighted by Gasteiger charge is 2.62. The molecular formula is C19H17F4NO4. The molecule has 2 aromatic rings. The van der Waals surface area contributed by atoms with Gasteiger partial charge < -0.3 is 15.2 Å². The van der Waals surface area contributed by atoms with Crippen LogP contribution in [-0.4, -0.2) is 28.8 Å². The summed E-state index contributed by atoms with van der Waals surface area (Å²) in [6, 6.07) is 8.96. The minimum Gasteiger partial charge on any atom is -0.482 e. The monoisotopic (exact) mass is 399 g/mol. The molecule has 3 rings (SSSR count). The second-order valence-corrected chi connectivity index (χ2v) is 6.81. The molecule has 1 amide bonds. The van der Waals surface area contributed by atoms with Gasteiger partial charge in [0.1, 0.15) is 17.6 Å². The maximum absolute atomic E-state index is 13.4. The van der Waals surface area contributed by atoms with E-state index in [4.69, 9.17) is 4.74 Å². The van der Waals surface area contributed by atoms with E-state index in [-0.39, 0.29) is 16.9 Å². The first-order chi connectivity index (χ1) is 12.9. The van der Waals surface area contributed by atoms with Gasteiger partial charge in [0.05, 0.1) is 0 Å². The highest BCUT2D eigenvalue weighted by molar-refractivity contribution is 5.94. The third-order valence-corrected chi connectivity index (χ3v) is 4.48. The number of halogens is 4. The summed E-state index contributed by atoms with van der Waals surface area (Å²) in [6.07, 6.45) is -5.22. The lowest BCUT2D eigenvalue weighted by atomic mass is 9.82. The summed E-state index contributed by atoms with van der Waals surface area (Å²) in [7, 11) is 0. The van der Waals surface area contributed by atoms with Crippen LogP contribution in [0.5, 0.6) is 5.75 Å². The summed E-state index contributed by atoms with van der Waals surface area (Å²) in [4.78, 5) is 12.6. The largest absolute Gasteiger partial charge is 0.525 e. The van der Waals surface area contributed by atoms with Crippen LogP contribution in [0.4, 0.5) is 17.6 Å². The first-order valence-electron chi connectivity index (χ1n) is 8.26. The zero-order valence-corrected chi connectivity index (χ0v) is 14.9. The summed E-state index contributed by atoms with van der Waals surface area (Å²) >= 11 is 0. The predicted octanol–water partition coefficient (Wildman–Crippen LogP) is 3.69. The number of hydrogen-bond donors (Lipinski definition) is 2. The van der Waals surface area contributed by atoms with E-state index in [2.05, 4.69) is 10.1 Å². The van der Waals surface area contributed by atoms with Crippen LogP contribution in [0.2, 0.25) is 0 Å². The van der Waals surface area contributed by atoms with Crippen molar-refractivity contribution in [2.75, 3.05) is 0 Å². The molecule has 1 aliphatic rings. The van der Waals surface area contributed by atoms with Crippen molar-refractivity contribution in [3.05, 3.63) is 65.5 Å². The van der Waals surface area contributed by atoms with E-state index in [1.54, 1.807) is 6.07 Å². The number of aliphatic hydroxyl groups is 1. The Labute approximate surface area is 157 Å². The number of amides is 1. The van der Waals surface area contributed by atoms with Crippen LogP contribution in [0.3, 0.4) is 0 Å². The number of nitrogens with one attached hydrogen (secondary N) is 1. The summed E-state index contributed by atoms with van der Waals surface area (Å²) in [5, 5.41) is 13.3. The van der Waals surface area contributed by atoms with Crippen molar-refractivity contribution in [3.63, 3.8) is 0 Å². The third kappa shape index (κ3) is 3.67. The predicted molar refractivity (Wildman–Crippen MR) is 89.8 cm³/mol. The van der Waals surface area contributed by atoms with Gasteiger partial charge in [0, 0.05) is 11.1 Å². The van der Waals surface area contributed by atoms with Crippen molar-refractivity contribution in [3.8, 4) is 5.75 Å². The fourth-order valence-electron chi connectivity index (χ4n) is 3.10. The molecule has 0 fully saturated rings. The molecule has 2 aromatic carbocycles. The van der Waals surface area contributed by atoms with Crippen molar-refractivity contribution >= 4 is 5.91 Å². The molecule has 0 saturated heterocycles. The number of benzene rings is 2. The Kier molecular flexibility index (Phi) is 4.84. The SMILES string of the molecule is CC1(C)Oc2ccccc2C(NC(=O)c2cccc(F)c2)C1(O)OC(F)(F)F. The normalized spacial score (nSPS) is 23.5. The van der Waals surface area contributed by atoms with Gasteiger partial charge in [0.25, 0.3) is 5.91 Å². The molecule has 0 spiro atoms. The lowest BCUT2D eigenvalue weighted by molar-refractivity contribution is -0.444. The molecule has 0 radical (unpaired) electrons. The number of alkyl halides is 3. The van der Waals surface area contributed by atoms with E-state index in [0.29, 0.717) is 0 Å². The van der Waals surface area contributed by atoms with Crippen LogP contribution in [-0.2, 0) is 4.74 Å². The molecule has 1 aliphatic heterocycles. The van der Waals surface area contributed by atoms with Gasteiger partial charge in [0.2, 0.25) is 5.79 Å². The minimum atomic E-state index is -5.22. The Hall–Kier alpha value is -2.65. The number of ether oxygens (including phenoxy) is 2. The third-order valence-electron chi connectivity index (χ3n) is 4.48. The first-order valence-corrected chi connectivity index (χ1v) is 8.26. The lowest BCUT2D eigenvalue weighted by Crippen LogP contribution is -2.66. The first kappa shape index (κ1) is 20.1. The molecule has 0 bridgehead atoms. The summed E-state index contributed by atoms with van der Waals surface area (Å²) in [6.45, 7) is 2.41. The second-order valence-electron chi connectivity index (χ2n) is 6.81. The van der Waals surface area contributed by atoms with E-state index >= 15 is 0 Å². The minimum absolute atomic E-state index is 0.0818. The van der Waals surface area contributed by atoms with Gasteiger partial charge in [-0.25, -0.2) is 4.39 Å². The summed E-state index contributed by atoms with van der Waals surface area (Å²) < 4.78 is 62.3. The Balaban J connectivity index is 2.08. The number of hydrogen-bond acceptors (Lipinski definition) is 4. The molecule has 0 aliphatic carbocycles. The summed E-state index contributed by atoms with van der Waals surface area (Å²) in [5.74, 6) is -4.40. The molecule has 2 atom stereocenters. The van der Waals surface area contributed by atoms with Gasteiger partial charge in [-0.15, -0.1) is 13.2 Å². The molecule has 1 heterocycles. The van der Waals surface area contributed by atoms with Crippen LogP contribution in [0.25, 0.3) is 0 Å². The second kappa shape index (κ2) is 6.75. The van der Waals surface area contributed by atoms with Crippen molar-refractivity contribution in [2.45, 2.75) is 37.6 Å². The molecule has 0 aromatic heterocycles. The average molecular weight is 399 g/mol. The molecule has 9 heteroatoms. The van der Waals surface area contributed by atoms with E-state index in [0.717, 1.165) is 12.1 Å². The van der Waals surface area contributed by atoms with Crippen LogP contribution in [0.1, 0.15) is 35.8 Å². The molecule has 28 heavy (non-hydrogen) atoms. The molecule has 150 valence electrons. The molecule has 2 unspecified atom stereocenters. The van der Waals surface area contributed by atoms with Crippen molar-refractivity contribution in [2.24, 2.45) is 0 Å². The fourth-order valence-corrected chi connectivity index (χ4v) is 3.10. The number of para-hydroxylation sites is 1. The molecule has 5 nitrogen and oxygen atoms in total. The standard InChI is InChI=1S/C19H17F4NO4/c1-17(2)18(26,28-19(21,22)23)15(13-8-3-4-9-14(13)27-17)24-16(25)11-6-5-7-12(20)10-11/h3-10,15,26H,1-2H3,(H,24,25). The highest BCUT2D eigenvalue weighted by Crippen LogP contribution is 2.49. The van der Waals surface area contributed by atoms with Gasteiger partial charge >= 0.3 is 6.36 Å². The van der Waals surface area contributed by atoms with E-state index < -0.39 is 35.5 Å². The van der Waals surface area contributed by atoms with E-state index in [1.807, 2.05) is 0 Å². The van der Waals surface area contributed by atoms with Gasteiger partial charge in [-0.1, -0.05) is 24.3 Å². The van der Waals surface area contributed by atoms with E-state index in [1.165, 1.54) is 44.2 Å². The van der Waals surface area contributed by atoms with Gasteiger partial charge in [-0.2, -0.15) is 0 Å². The lowest BCUT2D eigenvalue weighted by Gasteiger charge is -2.50. The zero-order chi connectivity index (χ0) is 20.7. The van der Waals surface area contributed by atoms with Crippen LogP contribution < -0.4 is 10.1 Å². The van der Waals surface area contributed by atoms with E-state index in [9.17, 15) is 27.5 Å². The maximum atomic E-state index is 13.4. The van der Waals surface area contributed by atoms with Gasteiger partial charge in [0.15, 0.2) is 5.60 Å². The maximum Gasteiger partial charge on any atom is 0.525 e. The number of rotatable bonds is 3. The molecular weight excluding hydrogens is 382 g/mol. The Morgan fingerprint density at radius 2 is 1.86 bits per heavy atom. The molecule has 2 N–H and O–H groups in total. The highest BCUT2D eigenvalue weighted by atomic mass is 19.4. The molecule has 0 saturated carbocycles. The smallest absolute Gasteiger partial charge is 0.482 e. The van der Waals surface area contributed by atoms with Crippen molar-refractivity contribution in [1.29, 1.82) is 0 Å². The fraction of sp³-hybridized carbons (Fsp3) is 0.316. The van der Waals surface area contributed by atoms with Crippen LogP contribution in [0, 0.1) is 5.82 Å². The van der Waals surface area contributed by atoms with Crippen LogP contribution >= 0.6 is 0 Å². The van der Waals surface area contributed by atoms with Gasteiger partial charge in [-0.3, -0.25) is 9.53 Å². The van der Waals surface area contributed by atoms with Crippen LogP contribution in [0.15, 0.2) is 48.5 Å². The van der Waals surface area contributed by atoms with Crippen molar-refractivity contribution < 1.29 is 36.9 Å². The Bertz CT molecular complexity index is 899.